The number of hydrogen-bond acceptors (Lipinski definition) is 2. The van der Waals surface area contributed by atoms with Crippen molar-refractivity contribution in [2.75, 3.05) is 11.6 Å². The summed E-state index contributed by atoms with van der Waals surface area (Å²) in [6.45, 7) is 0.853. The van der Waals surface area contributed by atoms with Crippen LogP contribution in [0, 0.1) is 5.82 Å². The second kappa shape index (κ2) is 3.46. The van der Waals surface area contributed by atoms with E-state index in [0.29, 0.717) is 0 Å². The molecule has 1 aliphatic rings. The minimum absolute atomic E-state index is 0.217. The summed E-state index contributed by atoms with van der Waals surface area (Å²) in [5.41, 5.74) is 0.927. The zero-order valence-electron chi connectivity index (χ0n) is 6.87. The smallest absolute Gasteiger partial charge is 0.123 e. The minimum Gasteiger partial charge on any atom is -0.264 e. The molecule has 0 atom stereocenters. The third kappa shape index (κ3) is 1.88. The average molecular weight is 243 g/mol. The highest BCUT2D eigenvalue weighted by Gasteiger charge is 2.13. The van der Waals surface area contributed by atoms with Gasteiger partial charge in [0.05, 0.1) is 5.69 Å². The molecule has 0 bridgehead atoms. The van der Waals surface area contributed by atoms with Gasteiger partial charge in [-0.25, -0.2) is 4.39 Å². The Morgan fingerprint density at radius 2 is 2.00 bits per heavy atom. The van der Waals surface area contributed by atoms with E-state index >= 15 is 0 Å². The van der Waals surface area contributed by atoms with Gasteiger partial charge in [0.2, 0.25) is 0 Å². The molecule has 2 nitrogen and oxygen atoms in total. The molecule has 1 aromatic rings. The van der Waals surface area contributed by atoms with Gasteiger partial charge in [-0.05, 0) is 40.2 Å². The monoisotopic (exact) mass is 242 g/mol. The molecular formula is C9H8BrFN2. The second-order valence-corrected chi connectivity index (χ2v) is 3.74. The van der Waals surface area contributed by atoms with E-state index < -0.39 is 0 Å². The Hall–Kier alpha value is -0.900. The SMILES string of the molecule is Fc1ccc(N2CCC(Br)=N2)cc1. The maximum absolute atomic E-state index is 12.6. The van der Waals surface area contributed by atoms with Crippen molar-refractivity contribution < 1.29 is 4.39 Å². The topological polar surface area (TPSA) is 15.6 Å². The number of rotatable bonds is 1. The van der Waals surface area contributed by atoms with Gasteiger partial charge in [-0.2, -0.15) is 5.10 Å². The maximum atomic E-state index is 12.6. The van der Waals surface area contributed by atoms with Crippen LogP contribution in [0.3, 0.4) is 0 Å². The summed E-state index contributed by atoms with van der Waals surface area (Å²) in [5.74, 6) is -0.217. The molecule has 0 saturated carbocycles. The van der Waals surface area contributed by atoms with E-state index in [0.717, 1.165) is 23.3 Å². The zero-order valence-corrected chi connectivity index (χ0v) is 8.46. The standard InChI is InChI=1S/C9H8BrFN2/c10-9-5-6-13(12-9)8-3-1-7(11)2-4-8/h1-4H,5-6H2. The first-order valence-electron chi connectivity index (χ1n) is 4.02. The predicted octanol–water partition coefficient (Wildman–Crippen LogP) is 2.74. The second-order valence-electron chi connectivity index (χ2n) is 2.83. The molecule has 0 N–H and O–H groups in total. The normalized spacial score (nSPS) is 16.2. The number of hydrogen-bond donors (Lipinski definition) is 0. The van der Waals surface area contributed by atoms with E-state index in [2.05, 4.69) is 21.0 Å². The first-order valence-corrected chi connectivity index (χ1v) is 4.81. The number of hydrazone groups is 1. The summed E-state index contributed by atoms with van der Waals surface area (Å²) in [6.07, 6.45) is 0.914. The summed E-state index contributed by atoms with van der Waals surface area (Å²) in [5, 5.41) is 6.08. The van der Waals surface area contributed by atoms with Crippen molar-refractivity contribution in [2.45, 2.75) is 6.42 Å². The maximum Gasteiger partial charge on any atom is 0.123 e. The van der Waals surface area contributed by atoms with Crippen LogP contribution < -0.4 is 5.01 Å². The summed E-state index contributed by atoms with van der Waals surface area (Å²) >= 11 is 3.32. The van der Waals surface area contributed by atoms with Crippen LogP contribution in [0.1, 0.15) is 6.42 Å². The molecule has 68 valence electrons. The van der Waals surface area contributed by atoms with Gasteiger partial charge in [0.1, 0.15) is 10.4 Å². The van der Waals surface area contributed by atoms with Crippen molar-refractivity contribution in [3.8, 4) is 0 Å². The van der Waals surface area contributed by atoms with Gasteiger partial charge in [-0.15, -0.1) is 0 Å². The quantitative estimate of drug-likeness (QED) is 0.740. The number of halogens is 2. The van der Waals surface area contributed by atoms with Crippen LogP contribution in [0.25, 0.3) is 0 Å². The molecule has 0 aromatic heterocycles. The Balaban J connectivity index is 2.22. The molecule has 0 amide bonds. The molecule has 1 aromatic carbocycles. The number of anilines is 1. The van der Waals surface area contributed by atoms with Crippen molar-refractivity contribution in [3.63, 3.8) is 0 Å². The average Bonchev–Trinajstić information content (AvgIpc) is 2.53. The van der Waals surface area contributed by atoms with Crippen LogP contribution in [-0.2, 0) is 0 Å². The largest absolute Gasteiger partial charge is 0.264 e. The minimum atomic E-state index is -0.217. The lowest BCUT2D eigenvalue weighted by atomic mass is 10.3. The highest BCUT2D eigenvalue weighted by atomic mass is 79.9. The Morgan fingerprint density at radius 1 is 1.31 bits per heavy atom. The van der Waals surface area contributed by atoms with Gasteiger partial charge in [0.25, 0.3) is 0 Å². The van der Waals surface area contributed by atoms with Gasteiger partial charge in [0.15, 0.2) is 0 Å². The fraction of sp³-hybridized carbons (Fsp3) is 0.222. The molecule has 13 heavy (non-hydrogen) atoms. The predicted molar refractivity (Wildman–Crippen MR) is 54.7 cm³/mol. The summed E-state index contributed by atoms with van der Waals surface area (Å²) in [7, 11) is 0. The fourth-order valence-corrected chi connectivity index (χ4v) is 1.60. The lowest BCUT2D eigenvalue weighted by molar-refractivity contribution is 0.627. The van der Waals surface area contributed by atoms with Crippen molar-refractivity contribution in [1.82, 2.24) is 0 Å². The molecule has 0 spiro atoms. The van der Waals surface area contributed by atoms with Crippen LogP contribution in [0.2, 0.25) is 0 Å². The first kappa shape index (κ1) is 8.69. The third-order valence-electron chi connectivity index (χ3n) is 1.88. The van der Waals surface area contributed by atoms with Gasteiger partial charge in [-0.1, -0.05) is 0 Å². The Kier molecular flexibility index (Phi) is 2.31. The zero-order chi connectivity index (χ0) is 9.26. The van der Waals surface area contributed by atoms with Crippen LogP contribution in [0.15, 0.2) is 29.4 Å². The molecule has 2 rings (SSSR count). The van der Waals surface area contributed by atoms with E-state index in [1.165, 1.54) is 12.1 Å². The number of nitrogens with zero attached hydrogens (tertiary/aromatic N) is 2. The molecule has 0 unspecified atom stereocenters. The molecule has 0 radical (unpaired) electrons. The van der Waals surface area contributed by atoms with Crippen molar-refractivity contribution in [3.05, 3.63) is 30.1 Å². The summed E-state index contributed by atoms with van der Waals surface area (Å²) in [4.78, 5) is 0. The highest BCUT2D eigenvalue weighted by Crippen LogP contribution is 2.20. The lowest BCUT2D eigenvalue weighted by Gasteiger charge is -2.12. The van der Waals surface area contributed by atoms with E-state index in [4.69, 9.17) is 0 Å². The molecule has 0 aliphatic carbocycles. The Labute approximate surface area is 84.2 Å². The summed E-state index contributed by atoms with van der Waals surface area (Å²) in [6, 6.07) is 6.34. The van der Waals surface area contributed by atoms with Crippen LogP contribution in [0.4, 0.5) is 10.1 Å². The van der Waals surface area contributed by atoms with Gasteiger partial charge < -0.3 is 0 Å². The van der Waals surface area contributed by atoms with Gasteiger partial charge >= 0.3 is 0 Å². The van der Waals surface area contributed by atoms with Crippen LogP contribution in [0.5, 0.6) is 0 Å². The molecule has 1 heterocycles. The Bertz CT molecular complexity index is 334. The van der Waals surface area contributed by atoms with Crippen molar-refractivity contribution in [1.29, 1.82) is 0 Å². The third-order valence-corrected chi connectivity index (χ3v) is 2.44. The first-order chi connectivity index (χ1) is 6.25. The van der Waals surface area contributed by atoms with Crippen molar-refractivity contribution >= 4 is 26.2 Å². The summed E-state index contributed by atoms with van der Waals surface area (Å²) < 4.78 is 13.5. The van der Waals surface area contributed by atoms with Gasteiger partial charge in [-0.3, -0.25) is 5.01 Å². The van der Waals surface area contributed by atoms with E-state index in [-0.39, 0.29) is 5.82 Å². The van der Waals surface area contributed by atoms with E-state index in [9.17, 15) is 4.39 Å². The fourth-order valence-electron chi connectivity index (χ4n) is 1.23. The number of benzene rings is 1. The molecule has 0 saturated heterocycles. The highest BCUT2D eigenvalue weighted by molar-refractivity contribution is 9.18. The van der Waals surface area contributed by atoms with Crippen molar-refractivity contribution in [2.24, 2.45) is 5.10 Å². The Morgan fingerprint density at radius 3 is 2.54 bits per heavy atom. The van der Waals surface area contributed by atoms with Gasteiger partial charge in [0, 0.05) is 13.0 Å². The molecule has 1 aliphatic heterocycles. The van der Waals surface area contributed by atoms with E-state index in [1.807, 2.05) is 5.01 Å². The molecular weight excluding hydrogens is 235 g/mol. The van der Waals surface area contributed by atoms with Crippen LogP contribution in [-0.4, -0.2) is 11.2 Å². The van der Waals surface area contributed by atoms with Crippen LogP contribution >= 0.6 is 15.9 Å². The lowest BCUT2D eigenvalue weighted by Crippen LogP contribution is -2.11. The van der Waals surface area contributed by atoms with E-state index in [1.54, 1.807) is 12.1 Å². The molecule has 4 heteroatoms. The molecule has 0 fully saturated rings.